The van der Waals surface area contributed by atoms with Crippen LogP contribution in [0.25, 0.3) is 11.4 Å². The lowest BCUT2D eigenvalue weighted by Gasteiger charge is -2.18. The van der Waals surface area contributed by atoms with E-state index >= 15 is 0 Å². The zero-order valence-corrected chi connectivity index (χ0v) is 16.8. The summed E-state index contributed by atoms with van der Waals surface area (Å²) in [6.07, 6.45) is 1.64. The van der Waals surface area contributed by atoms with Gasteiger partial charge < -0.3 is 9.32 Å². The molecular weight excluding hydrogens is 384 g/mol. The van der Waals surface area contributed by atoms with E-state index < -0.39 is 0 Å². The van der Waals surface area contributed by atoms with Gasteiger partial charge in [0.05, 0.1) is 18.6 Å². The van der Waals surface area contributed by atoms with Gasteiger partial charge in [0.15, 0.2) is 11.0 Å². The lowest BCUT2D eigenvalue weighted by atomic mass is 10.2. The number of aromatic nitrogens is 3. The predicted octanol–water partition coefficient (Wildman–Crippen LogP) is 4.20. The Kier molecular flexibility index (Phi) is 6.58. The maximum absolute atomic E-state index is 12.3. The van der Waals surface area contributed by atoms with E-state index in [0.29, 0.717) is 41.4 Å². The zero-order valence-electron chi connectivity index (χ0n) is 15.3. The lowest BCUT2D eigenvalue weighted by Crippen LogP contribution is -2.31. The molecule has 3 aromatic rings. The molecule has 0 aliphatic carbocycles. The Bertz CT molecular complexity index is 874. The highest BCUT2D eigenvalue weighted by molar-refractivity contribution is 7.99. The Morgan fingerprint density at radius 3 is 2.56 bits per heavy atom. The van der Waals surface area contributed by atoms with E-state index in [2.05, 4.69) is 10.2 Å². The molecule has 6 nitrogen and oxygen atoms in total. The Morgan fingerprint density at radius 1 is 1.19 bits per heavy atom. The molecule has 0 unspecified atom stereocenters. The average molecular weight is 405 g/mol. The third-order valence-electron chi connectivity index (χ3n) is 4.15. The van der Waals surface area contributed by atoms with Gasteiger partial charge in [-0.3, -0.25) is 9.36 Å². The second kappa shape index (κ2) is 9.10. The molecule has 0 saturated carbocycles. The second-order valence-electron chi connectivity index (χ2n) is 5.83. The SMILES string of the molecule is CCN(CC)C(=O)CSc1nnc(-c2ccc(Cl)cc2)n1Cc1ccco1. The first-order valence-corrected chi connectivity index (χ1v) is 10.1. The van der Waals surface area contributed by atoms with Gasteiger partial charge in [0.1, 0.15) is 5.76 Å². The van der Waals surface area contributed by atoms with Crippen molar-refractivity contribution < 1.29 is 9.21 Å². The summed E-state index contributed by atoms with van der Waals surface area (Å²) >= 11 is 7.38. The van der Waals surface area contributed by atoms with Crippen LogP contribution in [0.5, 0.6) is 0 Å². The minimum absolute atomic E-state index is 0.0885. The highest BCUT2D eigenvalue weighted by Gasteiger charge is 2.18. The third kappa shape index (κ3) is 4.73. The molecule has 0 spiro atoms. The average Bonchev–Trinajstić information content (AvgIpc) is 3.32. The summed E-state index contributed by atoms with van der Waals surface area (Å²) in [7, 11) is 0. The number of carbonyl (C=O) groups excluding carboxylic acids is 1. The molecule has 1 aromatic carbocycles. The van der Waals surface area contributed by atoms with Crippen molar-refractivity contribution in [2.24, 2.45) is 0 Å². The van der Waals surface area contributed by atoms with Gasteiger partial charge in [-0.1, -0.05) is 23.4 Å². The Morgan fingerprint density at radius 2 is 1.93 bits per heavy atom. The van der Waals surface area contributed by atoms with E-state index in [1.54, 1.807) is 11.2 Å². The van der Waals surface area contributed by atoms with Gasteiger partial charge in [0.25, 0.3) is 0 Å². The van der Waals surface area contributed by atoms with Crippen molar-refractivity contribution in [1.82, 2.24) is 19.7 Å². The summed E-state index contributed by atoms with van der Waals surface area (Å²) in [4.78, 5) is 14.1. The van der Waals surface area contributed by atoms with Crippen LogP contribution in [-0.4, -0.2) is 44.4 Å². The van der Waals surface area contributed by atoms with Crippen LogP contribution in [0.3, 0.4) is 0 Å². The molecule has 0 atom stereocenters. The number of nitrogens with zero attached hydrogens (tertiary/aromatic N) is 4. The van der Waals surface area contributed by atoms with Crippen molar-refractivity contribution in [1.29, 1.82) is 0 Å². The van der Waals surface area contributed by atoms with E-state index in [1.807, 2.05) is 54.8 Å². The number of halogens is 1. The lowest BCUT2D eigenvalue weighted by molar-refractivity contribution is -0.127. The molecule has 27 heavy (non-hydrogen) atoms. The van der Waals surface area contributed by atoms with Crippen LogP contribution in [0.2, 0.25) is 5.02 Å². The first-order chi connectivity index (χ1) is 13.1. The molecule has 2 aromatic heterocycles. The third-order valence-corrected chi connectivity index (χ3v) is 5.36. The van der Waals surface area contributed by atoms with Crippen molar-refractivity contribution in [3.63, 3.8) is 0 Å². The Balaban J connectivity index is 1.87. The van der Waals surface area contributed by atoms with Crippen LogP contribution in [0.4, 0.5) is 0 Å². The number of furan rings is 1. The zero-order chi connectivity index (χ0) is 19.2. The topological polar surface area (TPSA) is 64.2 Å². The van der Waals surface area contributed by atoms with Crippen molar-refractivity contribution >= 4 is 29.3 Å². The summed E-state index contributed by atoms with van der Waals surface area (Å²) in [5, 5.41) is 9.99. The molecule has 142 valence electrons. The number of rotatable bonds is 8. The second-order valence-corrected chi connectivity index (χ2v) is 7.21. The van der Waals surface area contributed by atoms with Gasteiger partial charge >= 0.3 is 0 Å². The highest BCUT2D eigenvalue weighted by atomic mass is 35.5. The van der Waals surface area contributed by atoms with Gasteiger partial charge in [-0.25, -0.2) is 0 Å². The Hall–Kier alpha value is -2.25. The normalized spacial score (nSPS) is 10.9. The number of thioether (sulfide) groups is 1. The van der Waals surface area contributed by atoms with Gasteiger partial charge in [-0.05, 0) is 50.2 Å². The fourth-order valence-corrected chi connectivity index (χ4v) is 3.67. The van der Waals surface area contributed by atoms with E-state index in [9.17, 15) is 4.79 Å². The standard InChI is InChI=1S/C19H21ClN4O2S/c1-3-23(4-2)17(25)13-27-19-22-21-18(14-7-9-15(20)10-8-14)24(19)12-16-6-5-11-26-16/h5-11H,3-4,12-13H2,1-2H3. The maximum Gasteiger partial charge on any atom is 0.233 e. The monoisotopic (exact) mass is 404 g/mol. The maximum atomic E-state index is 12.3. The van der Waals surface area contributed by atoms with Crippen LogP contribution in [-0.2, 0) is 11.3 Å². The number of carbonyl (C=O) groups is 1. The molecule has 1 amide bonds. The number of benzene rings is 1. The summed E-state index contributed by atoms with van der Waals surface area (Å²) in [6, 6.07) is 11.2. The molecular formula is C19H21ClN4O2S. The van der Waals surface area contributed by atoms with E-state index in [1.165, 1.54) is 11.8 Å². The van der Waals surface area contributed by atoms with Crippen molar-refractivity contribution in [3.8, 4) is 11.4 Å². The first-order valence-electron chi connectivity index (χ1n) is 8.74. The van der Waals surface area contributed by atoms with Crippen LogP contribution >= 0.6 is 23.4 Å². The quantitative estimate of drug-likeness (QED) is 0.526. The van der Waals surface area contributed by atoms with Crippen molar-refractivity contribution in [2.75, 3.05) is 18.8 Å². The summed E-state index contributed by atoms with van der Waals surface area (Å²) in [5.74, 6) is 1.91. The van der Waals surface area contributed by atoms with Gasteiger partial charge in [0, 0.05) is 23.7 Å². The van der Waals surface area contributed by atoms with Crippen LogP contribution in [0.1, 0.15) is 19.6 Å². The van der Waals surface area contributed by atoms with Gasteiger partial charge in [-0.2, -0.15) is 0 Å². The molecule has 0 radical (unpaired) electrons. The molecule has 0 aliphatic heterocycles. The minimum Gasteiger partial charge on any atom is -0.467 e. The fraction of sp³-hybridized carbons (Fsp3) is 0.316. The predicted molar refractivity (Wildman–Crippen MR) is 107 cm³/mol. The molecule has 0 aliphatic rings. The van der Waals surface area contributed by atoms with Crippen molar-refractivity contribution in [2.45, 2.75) is 25.5 Å². The number of amides is 1. The number of hydrogen-bond donors (Lipinski definition) is 0. The summed E-state index contributed by atoms with van der Waals surface area (Å²) in [6.45, 7) is 5.84. The van der Waals surface area contributed by atoms with E-state index in [4.69, 9.17) is 16.0 Å². The van der Waals surface area contributed by atoms with Gasteiger partial charge in [-0.15, -0.1) is 10.2 Å². The minimum atomic E-state index is 0.0885. The Labute approximate surface area is 167 Å². The number of hydrogen-bond acceptors (Lipinski definition) is 5. The molecule has 0 bridgehead atoms. The summed E-state index contributed by atoms with van der Waals surface area (Å²) < 4.78 is 7.45. The largest absolute Gasteiger partial charge is 0.467 e. The van der Waals surface area contributed by atoms with Crippen molar-refractivity contribution in [3.05, 3.63) is 53.4 Å². The summed E-state index contributed by atoms with van der Waals surface area (Å²) in [5.41, 5.74) is 0.903. The molecule has 2 heterocycles. The van der Waals surface area contributed by atoms with E-state index in [-0.39, 0.29) is 5.91 Å². The van der Waals surface area contributed by atoms with Crippen LogP contribution in [0.15, 0.2) is 52.2 Å². The molecule has 8 heteroatoms. The van der Waals surface area contributed by atoms with Crippen LogP contribution in [0, 0.1) is 0 Å². The first kappa shape index (κ1) is 19.5. The highest BCUT2D eigenvalue weighted by Crippen LogP contribution is 2.26. The fourth-order valence-electron chi connectivity index (χ4n) is 2.70. The smallest absolute Gasteiger partial charge is 0.233 e. The molecule has 0 N–H and O–H groups in total. The van der Waals surface area contributed by atoms with E-state index in [0.717, 1.165) is 11.3 Å². The molecule has 0 fully saturated rings. The molecule has 0 saturated heterocycles. The van der Waals surface area contributed by atoms with Gasteiger partial charge in [0.2, 0.25) is 5.91 Å². The van der Waals surface area contributed by atoms with Crippen LogP contribution < -0.4 is 0 Å². The molecule has 3 rings (SSSR count).